The minimum absolute atomic E-state index is 0.582. The van der Waals surface area contributed by atoms with E-state index in [1.165, 1.54) is 0 Å². The van der Waals surface area contributed by atoms with Crippen LogP contribution in [0.1, 0.15) is 0 Å². The number of rotatable bonds is 6. The summed E-state index contributed by atoms with van der Waals surface area (Å²) in [6.45, 7) is 0. The van der Waals surface area contributed by atoms with E-state index in [2.05, 4.69) is 69.5 Å². The molecular weight excluding hydrogens is 620 g/mol. The average Bonchev–Trinajstić information content (AvgIpc) is 3.92. The number of fused-ring (bicyclic) bond motifs is 4. The Morgan fingerprint density at radius 3 is 1.18 bits per heavy atom. The summed E-state index contributed by atoms with van der Waals surface area (Å²) in [5.74, 6) is 1.75. The number of oxazole rings is 3. The van der Waals surface area contributed by atoms with Gasteiger partial charge in [-0.05, 0) is 120 Å². The topological polar surface area (TPSA) is 81.3 Å². The molecule has 3 heterocycles. The summed E-state index contributed by atoms with van der Waals surface area (Å²) in [5.41, 5.74) is 10.4. The van der Waals surface area contributed by atoms with E-state index in [4.69, 9.17) is 18.2 Å². The number of aromatic nitrogens is 3. The molecule has 0 N–H and O–H groups in total. The van der Waals surface area contributed by atoms with Crippen molar-refractivity contribution in [3.8, 4) is 34.4 Å². The van der Waals surface area contributed by atoms with Gasteiger partial charge in [-0.15, -0.1) is 0 Å². The van der Waals surface area contributed by atoms with Crippen LogP contribution in [0, 0.1) is 0 Å². The Balaban J connectivity index is 1.02. The fourth-order valence-corrected chi connectivity index (χ4v) is 6.43. The van der Waals surface area contributed by atoms with Crippen molar-refractivity contribution >= 4 is 61.1 Å². The average molecular weight is 647 g/mol. The van der Waals surface area contributed by atoms with Crippen molar-refractivity contribution in [2.24, 2.45) is 0 Å². The molecule has 50 heavy (non-hydrogen) atoms. The van der Waals surface area contributed by atoms with Crippen LogP contribution in [-0.4, -0.2) is 15.0 Å². The molecule has 0 fully saturated rings. The summed E-state index contributed by atoms with van der Waals surface area (Å²) in [6, 6.07) is 52.7. The van der Waals surface area contributed by atoms with Crippen LogP contribution in [0.25, 0.3) is 78.4 Å². The summed E-state index contributed by atoms with van der Waals surface area (Å²) in [4.78, 5) is 16.4. The predicted octanol–water partition coefficient (Wildman–Crippen LogP) is 11.7. The maximum absolute atomic E-state index is 6.23. The third-order valence-electron chi connectivity index (χ3n) is 8.96. The van der Waals surface area contributed by atoms with Crippen LogP contribution >= 0.6 is 0 Å². The first-order valence-corrected chi connectivity index (χ1v) is 16.3. The van der Waals surface area contributed by atoms with E-state index in [9.17, 15) is 0 Å². The van der Waals surface area contributed by atoms with Gasteiger partial charge in [-0.25, -0.2) is 15.0 Å². The minimum Gasteiger partial charge on any atom is -0.436 e. The highest BCUT2D eigenvalue weighted by molar-refractivity contribution is 5.95. The van der Waals surface area contributed by atoms with Gasteiger partial charge in [-0.1, -0.05) is 48.5 Å². The Morgan fingerprint density at radius 1 is 0.340 bits per heavy atom. The number of benzene rings is 7. The quantitative estimate of drug-likeness (QED) is 0.178. The summed E-state index contributed by atoms with van der Waals surface area (Å²) in [7, 11) is 0. The summed E-state index contributed by atoms with van der Waals surface area (Å²) in [5, 5.41) is 2.26. The van der Waals surface area contributed by atoms with Gasteiger partial charge in [0.15, 0.2) is 16.7 Å². The zero-order valence-electron chi connectivity index (χ0n) is 26.5. The summed E-state index contributed by atoms with van der Waals surface area (Å²) < 4.78 is 18.3. The van der Waals surface area contributed by atoms with Crippen molar-refractivity contribution in [2.45, 2.75) is 0 Å². The number of anilines is 3. The number of hydrogen-bond donors (Lipinski definition) is 0. The Hall–Kier alpha value is -6.99. The van der Waals surface area contributed by atoms with Gasteiger partial charge in [0.25, 0.3) is 0 Å². The molecule has 0 radical (unpaired) electrons. The van der Waals surface area contributed by atoms with Crippen LogP contribution in [-0.2, 0) is 0 Å². The highest BCUT2D eigenvalue weighted by atomic mass is 16.4. The molecule has 0 spiro atoms. The first-order chi connectivity index (χ1) is 24.7. The molecule has 10 aromatic rings. The Labute approximate surface area is 285 Å². The fourth-order valence-electron chi connectivity index (χ4n) is 6.43. The van der Waals surface area contributed by atoms with Gasteiger partial charge in [0.05, 0.1) is 0 Å². The highest BCUT2D eigenvalue weighted by Gasteiger charge is 2.17. The standard InChI is InChI=1S/C43H26N4O3/c1-2-8-31-26-40-37(25-30(31)7-1)46-43(50-40)29-17-23-34(24-18-29)47(32-19-13-27(14-20-32)41-44-35-9-3-5-11-38(35)48-41)33-21-15-28(16-22-33)42-45-36-10-4-6-12-39(36)49-42/h1-26H. The SMILES string of the molecule is c1ccc2cc3oc(-c4ccc(N(c5ccc(-c6nc7ccccc7o6)cc5)c5ccc(-c6nc7ccccc7o6)cc5)cc4)nc3cc2c1. The number of hydrogen-bond acceptors (Lipinski definition) is 7. The first kappa shape index (κ1) is 28.1. The van der Waals surface area contributed by atoms with Crippen molar-refractivity contribution in [3.63, 3.8) is 0 Å². The third-order valence-corrected chi connectivity index (χ3v) is 8.96. The molecule has 7 aromatic carbocycles. The van der Waals surface area contributed by atoms with E-state index in [-0.39, 0.29) is 0 Å². The molecule has 10 rings (SSSR count). The van der Waals surface area contributed by atoms with Crippen molar-refractivity contribution in [2.75, 3.05) is 4.90 Å². The molecule has 0 aliphatic carbocycles. The molecule has 236 valence electrons. The van der Waals surface area contributed by atoms with E-state index in [0.717, 1.165) is 77.8 Å². The van der Waals surface area contributed by atoms with E-state index in [1.54, 1.807) is 0 Å². The van der Waals surface area contributed by atoms with E-state index < -0.39 is 0 Å². The van der Waals surface area contributed by atoms with Crippen LogP contribution in [0.5, 0.6) is 0 Å². The van der Waals surface area contributed by atoms with Gasteiger partial charge >= 0.3 is 0 Å². The van der Waals surface area contributed by atoms with Gasteiger partial charge in [0.1, 0.15) is 16.6 Å². The van der Waals surface area contributed by atoms with Crippen molar-refractivity contribution in [1.29, 1.82) is 0 Å². The molecular formula is C43H26N4O3. The van der Waals surface area contributed by atoms with Crippen LogP contribution in [0.2, 0.25) is 0 Å². The van der Waals surface area contributed by atoms with Gasteiger partial charge in [0.2, 0.25) is 17.7 Å². The molecule has 3 aromatic heterocycles. The van der Waals surface area contributed by atoms with Gasteiger partial charge in [-0.2, -0.15) is 0 Å². The second-order valence-electron chi connectivity index (χ2n) is 12.1. The van der Waals surface area contributed by atoms with Gasteiger partial charge in [0, 0.05) is 33.8 Å². The highest BCUT2D eigenvalue weighted by Crippen LogP contribution is 2.38. The molecule has 0 atom stereocenters. The molecule has 0 saturated carbocycles. The zero-order valence-corrected chi connectivity index (χ0v) is 26.5. The normalized spacial score (nSPS) is 11.6. The fraction of sp³-hybridized carbons (Fsp3) is 0. The molecule has 7 heteroatoms. The molecule has 0 aliphatic rings. The smallest absolute Gasteiger partial charge is 0.227 e. The third kappa shape index (κ3) is 4.88. The van der Waals surface area contributed by atoms with Gasteiger partial charge < -0.3 is 18.2 Å². The van der Waals surface area contributed by atoms with E-state index in [1.807, 2.05) is 103 Å². The second kappa shape index (κ2) is 11.3. The predicted molar refractivity (Wildman–Crippen MR) is 198 cm³/mol. The van der Waals surface area contributed by atoms with Crippen LogP contribution in [0.3, 0.4) is 0 Å². The van der Waals surface area contributed by atoms with Crippen molar-refractivity contribution < 1.29 is 13.3 Å². The second-order valence-corrected chi connectivity index (χ2v) is 12.1. The van der Waals surface area contributed by atoms with Crippen LogP contribution < -0.4 is 4.90 Å². The maximum Gasteiger partial charge on any atom is 0.227 e. The lowest BCUT2D eigenvalue weighted by atomic mass is 10.1. The lowest BCUT2D eigenvalue weighted by molar-refractivity contribution is 0.619. The van der Waals surface area contributed by atoms with Crippen LogP contribution in [0.15, 0.2) is 171 Å². The maximum atomic E-state index is 6.23. The Bertz CT molecular complexity index is 2580. The molecule has 0 aliphatic heterocycles. The first-order valence-electron chi connectivity index (χ1n) is 16.3. The Morgan fingerprint density at radius 2 is 0.720 bits per heavy atom. The molecule has 0 amide bonds. The summed E-state index contributed by atoms with van der Waals surface area (Å²) in [6.07, 6.45) is 0. The molecule has 0 saturated heterocycles. The molecule has 0 bridgehead atoms. The lowest BCUT2D eigenvalue weighted by Crippen LogP contribution is -2.09. The van der Waals surface area contributed by atoms with Crippen LogP contribution in [0.4, 0.5) is 17.1 Å². The number of nitrogens with zero attached hydrogens (tertiary/aromatic N) is 4. The molecule has 0 unspecified atom stereocenters. The zero-order chi connectivity index (χ0) is 33.0. The largest absolute Gasteiger partial charge is 0.436 e. The monoisotopic (exact) mass is 646 g/mol. The van der Waals surface area contributed by atoms with Crippen molar-refractivity contribution in [1.82, 2.24) is 15.0 Å². The van der Waals surface area contributed by atoms with Gasteiger partial charge in [-0.3, -0.25) is 0 Å². The molecule has 7 nitrogen and oxygen atoms in total. The van der Waals surface area contributed by atoms with Crippen molar-refractivity contribution in [3.05, 3.63) is 158 Å². The number of para-hydroxylation sites is 4. The summed E-state index contributed by atoms with van der Waals surface area (Å²) >= 11 is 0. The Kier molecular flexibility index (Phi) is 6.35. The lowest BCUT2D eigenvalue weighted by Gasteiger charge is -2.26. The minimum atomic E-state index is 0.582. The van der Waals surface area contributed by atoms with E-state index >= 15 is 0 Å². The van der Waals surface area contributed by atoms with E-state index in [0.29, 0.717) is 17.7 Å².